The van der Waals surface area contributed by atoms with Crippen LogP contribution in [0.1, 0.15) is 44.6 Å². The molecule has 0 bridgehead atoms. The summed E-state index contributed by atoms with van der Waals surface area (Å²) >= 11 is 0. The van der Waals surface area contributed by atoms with E-state index in [2.05, 4.69) is 23.8 Å². The maximum absolute atomic E-state index is 12.5. The maximum Gasteiger partial charge on any atom is 0.315 e. The molecule has 1 aromatic heterocycles. The molecule has 0 radical (unpaired) electrons. The van der Waals surface area contributed by atoms with Gasteiger partial charge in [-0.3, -0.25) is 9.78 Å². The first-order valence-corrected chi connectivity index (χ1v) is 9.65. The number of nitrogens with two attached hydrogens (primary N) is 1. The summed E-state index contributed by atoms with van der Waals surface area (Å²) in [6, 6.07) is 4.06. The van der Waals surface area contributed by atoms with E-state index in [4.69, 9.17) is 4.74 Å². The van der Waals surface area contributed by atoms with Gasteiger partial charge < -0.3 is 10.1 Å². The van der Waals surface area contributed by atoms with Crippen molar-refractivity contribution >= 4 is 5.97 Å². The Balaban J connectivity index is 1.42. The lowest BCUT2D eigenvalue weighted by Gasteiger charge is -2.49. The number of quaternary nitrogens is 1. The molecule has 2 heterocycles. The summed E-state index contributed by atoms with van der Waals surface area (Å²) in [6.07, 6.45) is 9.51. The fourth-order valence-corrected chi connectivity index (χ4v) is 5.47. The average molecular weight is 341 g/mol. The van der Waals surface area contributed by atoms with Crippen molar-refractivity contribution in [3.05, 3.63) is 42.2 Å². The van der Waals surface area contributed by atoms with E-state index in [1.165, 1.54) is 24.0 Å². The average Bonchev–Trinajstić information content (AvgIpc) is 2.88. The van der Waals surface area contributed by atoms with Crippen LogP contribution in [0, 0.1) is 23.2 Å². The van der Waals surface area contributed by atoms with Crippen molar-refractivity contribution in [2.45, 2.75) is 51.7 Å². The smallest absolute Gasteiger partial charge is 0.315 e. The van der Waals surface area contributed by atoms with E-state index in [1.54, 1.807) is 0 Å². The van der Waals surface area contributed by atoms with E-state index in [1.807, 2.05) is 24.5 Å². The van der Waals surface area contributed by atoms with Crippen LogP contribution in [0.25, 0.3) is 0 Å². The largest absolute Gasteiger partial charge is 0.462 e. The van der Waals surface area contributed by atoms with Gasteiger partial charge >= 0.3 is 5.97 Å². The van der Waals surface area contributed by atoms with Gasteiger partial charge in [-0.05, 0) is 55.6 Å². The van der Waals surface area contributed by atoms with Crippen molar-refractivity contribution in [2.75, 3.05) is 6.54 Å². The minimum atomic E-state index is 0.0221. The minimum Gasteiger partial charge on any atom is -0.462 e. The number of rotatable bonds is 4. The predicted molar refractivity (Wildman–Crippen MR) is 95.4 cm³/mol. The standard InChI is InChI=1S/C21H28N2O2/c1-14-4-3-7-21(2)11-19-16(10-18(14)21)17(20(24)25-19)13-23-12-15-5-8-22-9-6-15/h5-6,8-9,16-19,23H,1,3-4,7,10-13H2,2H3/p+1/t16-,17-,18+,19+,21-/m0/s1. The number of aromatic nitrogens is 1. The van der Waals surface area contributed by atoms with Gasteiger partial charge in [-0.1, -0.05) is 19.1 Å². The Morgan fingerprint density at radius 1 is 1.40 bits per heavy atom. The summed E-state index contributed by atoms with van der Waals surface area (Å²) in [4.78, 5) is 16.6. The van der Waals surface area contributed by atoms with E-state index in [0.717, 1.165) is 32.4 Å². The minimum absolute atomic E-state index is 0.0221. The molecule has 4 heteroatoms. The zero-order valence-corrected chi connectivity index (χ0v) is 15.1. The molecule has 134 valence electrons. The molecular weight excluding hydrogens is 312 g/mol. The molecule has 0 aromatic carbocycles. The Bertz CT molecular complexity index is 659. The molecule has 1 aromatic rings. The lowest BCUT2D eigenvalue weighted by molar-refractivity contribution is -0.675. The van der Waals surface area contributed by atoms with E-state index >= 15 is 0 Å². The molecule has 3 fully saturated rings. The summed E-state index contributed by atoms with van der Waals surface area (Å²) in [5.74, 6) is 0.994. The van der Waals surface area contributed by atoms with E-state index < -0.39 is 0 Å². The molecule has 0 amide bonds. The number of ether oxygens (including phenoxy) is 1. The zero-order valence-electron chi connectivity index (χ0n) is 15.1. The van der Waals surface area contributed by atoms with E-state index in [9.17, 15) is 4.79 Å². The van der Waals surface area contributed by atoms with E-state index in [0.29, 0.717) is 11.8 Å². The summed E-state index contributed by atoms with van der Waals surface area (Å²) in [5, 5.41) is 2.24. The van der Waals surface area contributed by atoms with Gasteiger partial charge in [-0.2, -0.15) is 0 Å². The van der Waals surface area contributed by atoms with Crippen molar-refractivity contribution in [1.29, 1.82) is 0 Å². The predicted octanol–water partition coefficient (Wildman–Crippen LogP) is 2.46. The number of carbonyl (C=O) groups is 1. The van der Waals surface area contributed by atoms with Gasteiger partial charge in [0.2, 0.25) is 0 Å². The van der Waals surface area contributed by atoms with E-state index in [-0.39, 0.29) is 23.4 Å². The Morgan fingerprint density at radius 2 is 2.20 bits per heavy atom. The summed E-state index contributed by atoms with van der Waals surface area (Å²) < 4.78 is 5.83. The number of carbonyl (C=O) groups excluding carboxylic acids is 1. The topological polar surface area (TPSA) is 55.8 Å². The summed E-state index contributed by atoms with van der Waals surface area (Å²) in [7, 11) is 0. The Hall–Kier alpha value is -1.68. The number of esters is 1. The van der Waals surface area contributed by atoms with Gasteiger partial charge in [-0.25, -0.2) is 0 Å². The second-order valence-corrected chi connectivity index (χ2v) is 8.49. The monoisotopic (exact) mass is 341 g/mol. The SMILES string of the molecule is C=C1CCC[C@@]2(C)C[C@H]3OC(=O)[C@@H](C[NH2+]Cc4ccncc4)[C@@H]3C[C@H]12. The molecule has 25 heavy (non-hydrogen) atoms. The Kier molecular flexibility index (Phi) is 4.40. The maximum atomic E-state index is 12.5. The Labute approximate surface area is 150 Å². The molecule has 1 saturated heterocycles. The third kappa shape index (κ3) is 3.12. The van der Waals surface area contributed by atoms with Crippen LogP contribution in [0.2, 0.25) is 0 Å². The normalized spacial score (nSPS) is 37.3. The molecule has 2 aliphatic carbocycles. The molecule has 2 saturated carbocycles. The highest BCUT2D eigenvalue weighted by atomic mass is 16.6. The fraction of sp³-hybridized carbons (Fsp3) is 0.619. The van der Waals surface area contributed by atoms with Gasteiger partial charge in [0.25, 0.3) is 0 Å². The first-order valence-electron chi connectivity index (χ1n) is 9.65. The number of fused-ring (bicyclic) bond motifs is 2. The van der Waals surface area contributed by atoms with Crippen LogP contribution in [0.4, 0.5) is 0 Å². The second-order valence-electron chi connectivity index (χ2n) is 8.49. The van der Waals surface area contributed by atoms with Gasteiger partial charge in [-0.15, -0.1) is 0 Å². The number of allylic oxidation sites excluding steroid dienone is 1. The quantitative estimate of drug-likeness (QED) is 0.676. The highest BCUT2D eigenvalue weighted by Crippen LogP contribution is 2.56. The van der Waals surface area contributed by atoms with Crippen LogP contribution in [-0.2, 0) is 16.1 Å². The van der Waals surface area contributed by atoms with Gasteiger partial charge in [0, 0.05) is 23.9 Å². The highest BCUT2D eigenvalue weighted by molar-refractivity contribution is 5.75. The van der Waals surface area contributed by atoms with Crippen molar-refractivity contribution in [2.24, 2.45) is 23.2 Å². The summed E-state index contributed by atoms with van der Waals surface area (Å²) in [5.41, 5.74) is 2.94. The van der Waals surface area contributed by atoms with Crippen LogP contribution >= 0.6 is 0 Å². The molecule has 2 N–H and O–H groups in total. The number of hydrogen-bond acceptors (Lipinski definition) is 3. The van der Waals surface area contributed by atoms with Crippen LogP contribution < -0.4 is 5.32 Å². The second kappa shape index (κ2) is 6.56. The van der Waals surface area contributed by atoms with Crippen molar-refractivity contribution < 1.29 is 14.8 Å². The lowest BCUT2D eigenvalue weighted by atomic mass is 9.55. The Morgan fingerprint density at radius 3 is 3.00 bits per heavy atom. The molecule has 0 spiro atoms. The number of pyridine rings is 1. The first-order chi connectivity index (χ1) is 12.1. The third-order valence-electron chi connectivity index (χ3n) is 6.87. The van der Waals surface area contributed by atoms with Crippen LogP contribution in [0.5, 0.6) is 0 Å². The van der Waals surface area contributed by atoms with Crippen LogP contribution in [0.15, 0.2) is 36.7 Å². The first kappa shape index (κ1) is 16.8. The molecule has 4 nitrogen and oxygen atoms in total. The van der Waals surface area contributed by atoms with Crippen LogP contribution in [0.3, 0.4) is 0 Å². The lowest BCUT2D eigenvalue weighted by Crippen LogP contribution is -2.84. The van der Waals surface area contributed by atoms with Crippen LogP contribution in [-0.4, -0.2) is 23.6 Å². The number of nitrogens with zero attached hydrogens (tertiary/aromatic N) is 1. The molecule has 5 atom stereocenters. The third-order valence-corrected chi connectivity index (χ3v) is 6.87. The van der Waals surface area contributed by atoms with Gasteiger partial charge in [0.1, 0.15) is 18.6 Å². The summed E-state index contributed by atoms with van der Waals surface area (Å²) in [6.45, 7) is 8.45. The molecule has 3 aliphatic rings. The van der Waals surface area contributed by atoms with Gasteiger partial charge in [0.05, 0.1) is 6.54 Å². The number of hydrogen-bond donors (Lipinski definition) is 1. The van der Waals surface area contributed by atoms with Crippen molar-refractivity contribution in [3.63, 3.8) is 0 Å². The van der Waals surface area contributed by atoms with Crippen molar-refractivity contribution in [1.82, 2.24) is 4.98 Å². The zero-order chi connectivity index (χ0) is 17.4. The van der Waals surface area contributed by atoms with Crippen molar-refractivity contribution in [3.8, 4) is 0 Å². The fourth-order valence-electron chi connectivity index (χ4n) is 5.47. The molecular formula is C21H29N2O2+. The van der Waals surface area contributed by atoms with Gasteiger partial charge in [0.15, 0.2) is 0 Å². The molecule has 4 rings (SSSR count). The molecule has 1 aliphatic heterocycles. The highest BCUT2D eigenvalue weighted by Gasteiger charge is 2.55. The molecule has 0 unspecified atom stereocenters.